The molecule has 0 heterocycles. The molecule has 1 fully saturated rings. The fraction of sp³-hybridized carbons (Fsp3) is 0.889. The van der Waals surface area contributed by atoms with Crippen LogP contribution in [0.15, 0.2) is 4.99 Å². The minimum Gasteiger partial charge on any atom is -0.370 e. The molecule has 0 aromatic carbocycles. The maximum absolute atomic E-state index is 5.59. The predicted molar refractivity (Wildman–Crippen MR) is 52.2 cm³/mol. The maximum atomic E-state index is 5.59. The molecular formula is C9H19N3. The molecule has 70 valence electrons. The first-order valence-electron chi connectivity index (χ1n) is 4.81. The van der Waals surface area contributed by atoms with Gasteiger partial charge in [-0.15, -0.1) is 0 Å². The number of aliphatic imine (C=N–C) groups is 1. The summed E-state index contributed by atoms with van der Waals surface area (Å²) in [6, 6.07) is 0.566. The van der Waals surface area contributed by atoms with Gasteiger partial charge in [0, 0.05) is 13.1 Å². The summed E-state index contributed by atoms with van der Waals surface area (Å²) in [6.45, 7) is 0. The zero-order valence-electron chi connectivity index (χ0n) is 7.84. The van der Waals surface area contributed by atoms with Crippen molar-refractivity contribution in [1.29, 1.82) is 0 Å². The van der Waals surface area contributed by atoms with Gasteiger partial charge in [-0.25, -0.2) is 0 Å². The molecule has 0 aromatic heterocycles. The lowest BCUT2D eigenvalue weighted by Crippen LogP contribution is -2.39. The van der Waals surface area contributed by atoms with E-state index >= 15 is 0 Å². The van der Waals surface area contributed by atoms with E-state index in [1.807, 2.05) is 0 Å². The lowest BCUT2D eigenvalue weighted by Gasteiger charge is -2.15. The van der Waals surface area contributed by atoms with E-state index in [1.165, 1.54) is 38.5 Å². The number of hydrogen-bond acceptors (Lipinski definition) is 1. The first kappa shape index (κ1) is 9.36. The standard InChI is InChI=1S/C9H19N3/c1-11-9(10)12-8-6-4-2-3-5-7-8/h8H,2-7H2,1H3,(H3,10,11,12). The van der Waals surface area contributed by atoms with Crippen LogP contribution in [0, 0.1) is 0 Å². The summed E-state index contributed by atoms with van der Waals surface area (Å²) < 4.78 is 0. The molecular weight excluding hydrogens is 150 g/mol. The summed E-state index contributed by atoms with van der Waals surface area (Å²) in [6.07, 6.45) is 7.90. The summed E-state index contributed by atoms with van der Waals surface area (Å²) in [5, 5.41) is 3.24. The molecule has 1 aliphatic rings. The van der Waals surface area contributed by atoms with Crippen LogP contribution in [0.4, 0.5) is 0 Å². The summed E-state index contributed by atoms with van der Waals surface area (Å²) >= 11 is 0. The summed E-state index contributed by atoms with van der Waals surface area (Å²) in [4.78, 5) is 3.90. The molecule has 12 heavy (non-hydrogen) atoms. The Kier molecular flexibility index (Phi) is 3.91. The highest BCUT2D eigenvalue weighted by Gasteiger charge is 2.11. The van der Waals surface area contributed by atoms with Gasteiger partial charge in [-0.05, 0) is 12.8 Å². The van der Waals surface area contributed by atoms with Crippen molar-refractivity contribution in [3.8, 4) is 0 Å². The van der Waals surface area contributed by atoms with Crippen molar-refractivity contribution in [2.45, 2.75) is 44.6 Å². The van der Waals surface area contributed by atoms with E-state index in [4.69, 9.17) is 5.73 Å². The number of guanidine groups is 1. The second-order valence-corrected chi connectivity index (χ2v) is 3.44. The van der Waals surface area contributed by atoms with Crippen LogP contribution in [0.25, 0.3) is 0 Å². The highest BCUT2D eigenvalue weighted by atomic mass is 15.1. The number of nitrogens with zero attached hydrogens (tertiary/aromatic N) is 1. The van der Waals surface area contributed by atoms with E-state index in [0.717, 1.165) is 0 Å². The van der Waals surface area contributed by atoms with Crippen LogP contribution in [0.5, 0.6) is 0 Å². The van der Waals surface area contributed by atoms with Gasteiger partial charge in [-0.1, -0.05) is 25.7 Å². The molecule has 1 aliphatic carbocycles. The van der Waals surface area contributed by atoms with Gasteiger partial charge >= 0.3 is 0 Å². The zero-order valence-corrected chi connectivity index (χ0v) is 7.84. The number of hydrogen-bond donors (Lipinski definition) is 2. The second-order valence-electron chi connectivity index (χ2n) is 3.44. The Morgan fingerprint density at radius 2 is 1.83 bits per heavy atom. The Balaban J connectivity index is 2.29. The Bertz CT molecular complexity index is 146. The number of rotatable bonds is 1. The second kappa shape index (κ2) is 5.01. The van der Waals surface area contributed by atoms with Crippen LogP contribution < -0.4 is 11.1 Å². The molecule has 0 bridgehead atoms. The third-order valence-electron chi connectivity index (χ3n) is 2.45. The normalized spacial score (nSPS) is 21.9. The van der Waals surface area contributed by atoms with E-state index in [0.29, 0.717) is 12.0 Å². The predicted octanol–water partition coefficient (Wildman–Crippen LogP) is 1.24. The third kappa shape index (κ3) is 3.11. The van der Waals surface area contributed by atoms with Crippen LogP contribution in [0.1, 0.15) is 38.5 Å². The topological polar surface area (TPSA) is 50.4 Å². The number of nitrogens with one attached hydrogen (secondary N) is 1. The molecule has 1 saturated carbocycles. The van der Waals surface area contributed by atoms with E-state index in [1.54, 1.807) is 7.05 Å². The third-order valence-corrected chi connectivity index (χ3v) is 2.45. The molecule has 1 rings (SSSR count). The van der Waals surface area contributed by atoms with Gasteiger partial charge in [0.05, 0.1) is 0 Å². The van der Waals surface area contributed by atoms with Crippen molar-refractivity contribution in [2.24, 2.45) is 10.7 Å². The van der Waals surface area contributed by atoms with Crippen LogP contribution in [-0.4, -0.2) is 19.0 Å². The molecule has 0 aliphatic heterocycles. The van der Waals surface area contributed by atoms with Gasteiger partial charge in [0.25, 0.3) is 0 Å². The van der Waals surface area contributed by atoms with Crippen molar-refractivity contribution in [2.75, 3.05) is 7.05 Å². The lowest BCUT2D eigenvalue weighted by atomic mass is 10.1. The summed E-state index contributed by atoms with van der Waals surface area (Å²) in [7, 11) is 1.72. The molecule has 3 nitrogen and oxygen atoms in total. The Hall–Kier alpha value is -0.730. The van der Waals surface area contributed by atoms with Gasteiger partial charge < -0.3 is 11.1 Å². The SMILES string of the molecule is CN=C(N)NC1CCCCCC1. The molecule has 0 amide bonds. The van der Waals surface area contributed by atoms with E-state index in [9.17, 15) is 0 Å². The van der Waals surface area contributed by atoms with Gasteiger partial charge in [0.15, 0.2) is 5.96 Å². The van der Waals surface area contributed by atoms with Crippen molar-refractivity contribution in [1.82, 2.24) is 5.32 Å². The van der Waals surface area contributed by atoms with Gasteiger partial charge in [-0.3, -0.25) is 4.99 Å². The Labute approximate surface area is 74.4 Å². The van der Waals surface area contributed by atoms with E-state index < -0.39 is 0 Å². The first-order chi connectivity index (χ1) is 5.83. The molecule has 3 N–H and O–H groups in total. The van der Waals surface area contributed by atoms with Crippen LogP contribution in [0.2, 0.25) is 0 Å². The Morgan fingerprint density at radius 1 is 1.25 bits per heavy atom. The van der Waals surface area contributed by atoms with E-state index in [-0.39, 0.29) is 0 Å². The van der Waals surface area contributed by atoms with Crippen molar-refractivity contribution < 1.29 is 0 Å². The molecule has 0 saturated heterocycles. The molecule has 0 aromatic rings. The van der Waals surface area contributed by atoms with Crippen molar-refractivity contribution in [3.05, 3.63) is 0 Å². The minimum absolute atomic E-state index is 0.566. The fourth-order valence-corrected chi connectivity index (χ4v) is 1.70. The summed E-state index contributed by atoms with van der Waals surface area (Å²) in [5.74, 6) is 0.585. The molecule has 0 radical (unpaired) electrons. The fourth-order valence-electron chi connectivity index (χ4n) is 1.70. The largest absolute Gasteiger partial charge is 0.370 e. The molecule has 0 atom stereocenters. The highest BCUT2D eigenvalue weighted by molar-refractivity contribution is 5.77. The quantitative estimate of drug-likeness (QED) is 0.352. The van der Waals surface area contributed by atoms with Crippen LogP contribution in [-0.2, 0) is 0 Å². The Morgan fingerprint density at radius 3 is 2.33 bits per heavy atom. The van der Waals surface area contributed by atoms with Crippen LogP contribution >= 0.6 is 0 Å². The summed E-state index contributed by atoms with van der Waals surface area (Å²) in [5.41, 5.74) is 5.59. The van der Waals surface area contributed by atoms with Gasteiger partial charge in [-0.2, -0.15) is 0 Å². The average molecular weight is 169 g/mol. The minimum atomic E-state index is 0.566. The highest BCUT2D eigenvalue weighted by Crippen LogP contribution is 2.16. The van der Waals surface area contributed by atoms with Crippen molar-refractivity contribution >= 4 is 5.96 Å². The van der Waals surface area contributed by atoms with Gasteiger partial charge in [0.2, 0.25) is 0 Å². The lowest BCUT2D eigenvalue weighted by molar-refractivity contribution is 0.531. The molecule has 3 heteroatoms. The number of nitrogens with two attached hydrogens (primary N) is 1. The first-order valence-corrected chi connectivity index (χ1v) is 4.81. The molecule has 0 unspecified atom stereocenters. The maximum Gasteiger partial charge on any atom is 0.188 e. The monoisotopic (exact) mass is 169 g/mol. The zero-order chi connectivity index (χ0) is 8.81. The smallest absolute Gasteiger partial charge is 0.188 e. The van der Waals surface area contributed by atoms with Crippen molar-refractivity contribution in [3.63, 3.8) is 0 Å². The molecule has 0 spiro atoms. The van der Waals surface area contributed by atoms with Crippen LogP contribution in [0.3, 0.4) is 0 Å². The average Bonchev–Trinajstić information content (AvgIpc) is 2.33. The van der Waals surface area contributed by atoms with Gasteiger partial charge in [0.1, 0.15) is 0 Å². The van der Waals surface area contributed by atoms with E-state index in [2.05, 4.69) is 10.3 Å².